The van der Waals surface area contributed by atoms with E-state index in [0.29, 0.717) is 17.9 Å². The molecule has 0 aromatic heterocycles. The number of rotatable bonds is 5. The first-order chi connectivity index (χ1) is 9.60. The van der Waals surface area contributed by atoms with Gasteiger partial charge in [-0.2, -0.15) is 0 Å². The van der Waals surface area contributed by atoms with Crippen LogP contribution in [0.25, 0.3) is 0 Å². The molecule has 0 aliphatic carbocycles. The molecule has 0 saturated carbocycles. The molecule has 20 heavy (non-hydrogen) atoms. The van der Waals surface area contributed by atoms with Crippen LogP contribution in [0.4, 0.5) is 0 Å². The Hall–Kier alpha value is -1.80. The highest BCUT2D eigenvalue weighted by Crippen LogP contribution is 2.21. The zero-order valence-corrected chi connectivity index (χ0v) is 12.4. The summed E-state index contributed by atoms with van der Waals surface area (Å²) in [6.45, 7) is 1.98. The van der Waals surface area contributed by atoms with E-state index in [2.05, 4.69) is 0 Å². The van der Waals surface area contributed by atoms with Gasteiger partial charge in [0.05, 0.1) is 7.11 Å². The lowest BCUT2D eigenvalue weighted by Gasteiger charge is -2.08. The van der Waals surface area contributed by atoms with E-state index in [0.717, 1.165) is 22.4 Å². The van der Waals surface area contributed by atoms with E-state index >= 15 is 0 Å². The molecule has 0 atom stereocenters. The maximum absolute atomic E-state index is 12.2. The largest absolute Gasteiger partial charge is 0.496 e. The third-order valence-corrected chi connectivity index (χ3v) is 3.53. The third kappa shape index (κ3) is 3.61. The predicted octanol–water partition coefficient (Wildman–Crippen LogP) is 4.01. The first-order valence-corrected chi connectivity index (χ1v) is 6.86. The summed E-state index contributed by atoms with van der Waals surface area (Å²) in [5.41, 5.74) is 2.87. The first-order valence-electron chi connectivity index (χ1n) is 6.49. The fourth-order valence-electron chi connectivity index (χ4n) is 2.13. The van der Waals surface area contributed by atoms with Crippen LogP contribution in [0.15, 0.2) is 42.5 Å². The molecule has 0 amide bonds. The van der Waals surface area contributed by atoms with E-state index in [4.69, 9.17) is 16.3 Å². The fourth-order valence-corrected chi connectivity index (χ4v) is 2.43. The molecule has 3 heteroatoms. The number of para-hydroxylation sites is 1. The lowest BCUT2D eigenvalue weighted by atomic mass is 10.0. The summed E-state index contributed by atoms with van der Waals surface area (Å²) < 4.78 is 5.26. The minimum atomic E-state index is 0.125. The van der Waals surface area contributed by atoms with E-state index in [1.807, 2.05) is 49.4 Å². The van der Waals surface area contributed by atoms with Crippen LogP contribution in [0.5, 0.6) is 5.75 Å². The standard InChI is InChI=1S/C17H17ClO2/c1-12-7-8-13(16(18)9-12)10-15(19)11-14-5-3-4-6-17(14)20-2/h3-9H,10-11H2,1-2H3. The van der Waals surface area contributed by atoms with Crippen molar-refractivity contribution in [3.63, 3.8) is 0 Å². The number of methoxy groups -OCH3 is 1. The zero-order valence-electron chi connectivity index (χ0n) is 11.7. The maximum atomic E-state index is 12.2. The lowest BCUT2D eigenvalue weighted by molar-refractivity contribution is -0.117. The molecule has 2 aromatic rings. The fraction of sp³-hybridized carbons (Fsp3) is 0.235. The summed E-state index contributed by atoms with van der Waals surface area (Å²) in [6.07, 6.45) is 0.700. The number of halogens is 1. The van der Waals surface area contributed by atoms with Gasteiger partial charge in [-0.25, -0.2) is 0 Å². The molecular formula is C17H17ClO2. The van der Waals surface area contributed by atoms with Crippen molar-refractivity contribution in [1.82, 2.24) is 0 Å². The second kappa shape index (κ2) is 6.58. The zero-order chi connectivity index (χ0) is 14.5. The second-order valence-corrected chi connectivity index (χ2v) is 5.21. The molecule has 0 aliphatic rings. The van der Waals surface area contributed by atoms with Crippen molar-refractivity contribution >= 4 is 17.4 Å². The Labute approximate surface area is 124 Å². The lowest BCUT2D eigenvalue weighted by Crippen LogP contribution is -2.08. The van der Waals surface area contributed by atoms with Gasteiger partial charge in [-0.15, -0.1) is 0 Å². The Bertz CT molecular complexity index is 620. The van der Waals surface area contributed by atoms with Gasteiger partial charge in [-0.1, -0.05) is 41.9 Å². The molecule has 0 bridgehead atoms. The van der Waals surface area contributed by atoms with Crippen LogP contribution in [0, 0.1) is 6.92 Å². The molecule has 0 aliphatic heterocycles. The summed E-state index contributed by atoms with van der Waals surface area (Å²) in [5.74, 6) is 0.871. The quantitative estimate of drug-likeness (QED) is 0.831. The Balaban J connectivity index is 2.09. The summed E-state index contributed by atoms with van der Waals surface area (Å²) in [5, 5.41) is 0.651. The number of hydrogen-bond acceptors (Lipinski definition) is 2. The SMILES string of the molecule is COc1ccccc1CC(=O)Cc1ccc(C)cc1Cl. The summed E-state index contributed by atoms with van der Waals surface area (Å²) in [7, 11) is 1.61. The van der Waals surface area contributed by atoms with Crippen molar-refractivity contribution in [2.75, 3.05) is 7.11 Å². The van der Waals surface area contributed by atoms with E-state index in [1.165, 1.54) is 0 Å². The van der Waals surface area contributed by atoms with Crippen LogP contribution >= 0.6 is 11.6 Å². The van der Waals surface area contributed by atoms with Crippen LogP contribution < -0.4 is 4.74 Å². The van der Waals surface area contributed by atoms with Gasteiger partial charge in [-0.05, 0) is 30.2 Å². The van der Waals surface area contributed by atoms with Gasteiger partial charge in [0.1, 0.15) is 11.5 Å². The smallest absolute Gasteiger partial charge is 0.141 e. The Morgan fingerprint density at radius 1 is 1.10 bits per heavy atom. The van der Waals surface area contributed by atoms with Crippen molar-refractivity contribution in [1.29, 1.82) is 0 Å². The highest BCUT2D eigenvalue weighted by molar-refractivity contribution is 6.31. The van der Waals surface area contributed by atoms with E-state index < -0.39 is 0 Å². The average molecular weight is 289 g/mol. The number of ketones is 1. The number of ether oxygens (including phenoxy) is 1. The molecule has 0 fully saturated rings. The summed E-state index contributed by atoms with van der Waals surface area (Å²) >= 11 is 6.16. The van der Waals surface area contributed by atoms with Crippen LogP contribution in [0.3, 0.4) is 0 Å². The van der Waals surface area contributed by atoms with Crippen LogP contribution in [-0.2, 0) is 17.6 Å². The van der Waals surface area contributed by atoms with E-state index in [9.17, 15) is 4.79 Å². The molecule has 0 radical (unpaired) electrons. The molecule has 0 unspecified atom stereocenters. The van der Waals surface area contributed by atoms with Gasteiger partial charge >= 0.3 is 0 Å². The van der Waals surface area contributed by atoms with Crippen molar-refractivity contribution in [3.8, 4) is 5.75 Å². The Morgan fingerprint density at radius 2 is 1.80 bits per heavy atom. The number of benzene rings is 2. The number of hydrogen-bond donors (Lipinski definition) is 0. The highest BCUT2D eigenvalue weighted by Gasteiger charge is 2.11. The normalized spacial score (nSPS) is 10.3. The highest BCUT2D eigenvalue weighted by atomic mass is 35.5. The predicted molar refractivity (Wildman–Crippen MR) is 81.6 cm³/mol. The monoisotopic (exact) mass is 288 g/mol. The number of aryl methyl sites for hydroxylation is 1. The van der Waals surface area contributed by atoms with Crippen molar-refractivity contribution < 1.29 is 9.53 Å². The van der Waals surface area contributed by atoms with E-state index in [1.54, 1.807) is 7.11 Å². The second-order valence-electron chi connectivity index (χ2n) is 4.80. The first kappa shape index (κ1) is 14.6. The molecule has 0 saturated heterocycles. The molecular weight excluding hydrogens is 272 g/mol. The Kier molecular flexibility index (Phi) is 4.80. The molecule has 2 rings (SSSR count). The Morgan fingerprint density at radius 3 is 2.50 bits per heavy atom. The molecule has 0 N–H and O–H groups in total. The van der Waals surface area contributed by atoms with Gasteiger partial charge in [0.2, 0.25) is 0 Å². The third-order valence-electron chi connectivity index (χ3n) is 3.18. The molecule has 2 nitrogen and oxygen atoms in total. The van der Waals surface area contributed by atoms with Crippen LogP contribution in [0.2, 0.25) is 5.02 Å². The number of Topliss-reactive ketones (excluding diaryl/α,β-unsaturated/α-hetero) is 1. The minimum Gasteiger partial charge on any atom is -0.496 e. The summed E-state index contributed by atoms with van der Waals surface area (Å²) in [6, 6.07) is 13.3. The molecule has 0 heterocycles. The minimum absolute atomic E-state index is 0.125. The molecule has 104 valence electrons. The van der Waals surface area contributed by atoms with E-state index in [-0.39, 0.29) is 5.78 Å². The average Bonchev–Trinajstić information content (AvgIpc) is 2.42. The maximum Gasteiger partial charge on any atom is 0.141 e. The van der Waals surface area contributed by atoms with Crippen molar-refractivity contribution in [3.05, 3.63) is 64.2 Å². The van der Waals surface area contributed by atoms with Gasteiger partial charge in [0.15, 0.2) is 0 Å². The van der Waals surface area contributed by atoms with Gasteiger partial charge in [-0.3, -0.25) is 4.79 Å². The summed E-state index contributed by atoms with van der Waals surface area (Å²) in [4.78, 5) is 12.2. The van der Waals surface area contributed by atoms with Crippen LogP contribution in [-0.4, -0.2) is 12.9 Å². The molecule has 2 aromatic carbocycles. The van der Waals surface area contributed by atoms with Gasteiger partial charge < -0.3 is 4.74 Å². The number of carbonyl (C=O) groups excluding carboxylic acids is 1. The van der Waals surface area contributed by atoms with Gasteiger partial charge in [0, 0.05) is 23.4 Å². The van der Waals surface area contributed by atoms with Crippen molar-refractivity contribution in [2.24, 2.45) is 0 Å². The number of carbonyl (C=O) groups is 1. The van der Waals surface area contributed by atoms with Gasteiger partial charge in [0.25, 0.3) is 0 Å². The topological polar surface area (TPSA) is 26.3 Å². The molecule has 0 spiro atoms. The van der Waals surface area contributed by atoms with Crippen LogP contribution in [0.1, 0.15) is 16.7 Å². The van der Waals surface area contributed by atoms with Crippen molar-refractivity contribution in [2.45, 2.75) is 19.8 Å².